The summed E-state index contributed by atoms with van der Waals surface area (Å²) in [6.45, 7) is 0. The molecule has 1 aromatic heterocycles. The van der Waals surface area contributed by atoms with Gasteiger partial charge in [0.2, 0.25) is 5.69 Å². The summed E-state index contributed by atoms with van der Waals surface area (Å²) in [7, 11) is 0. The summed E-state index contributed by atoms with van der Waals surface area (Å²) in [6.07, 6.45) is 0. The van der Waals surface area contributed by atoms with Gasteiger partial charge in [-0.05, 0) is 16.5 Å². The van der Waals surface area contributed by atoms with Gasteiger partial charge in [0.1, 0.15) is 0 Å². The third kappa shape index (κ3) is 1.32. The summed E-state index contributed by atoms with van der Waals surface area (Å²) in [4.78, 5) is 19.6. The van der Waals surface area contributed by atoms with Crippen LogP contribution in [0.5, 0.6) is 0 Å². The molecule has 1 rings (SSSR count). The number of halogens is 1. The SMILES string of the molecule is O=C(Cl)c1n[nH]nc1[N+](=O)[O-]. The van der Waals surface area contributed by atoms with Crippen molar-refractivity contribution >= 4 is 22.7 Å². The highest BCUT2D eigenvalue weighted by molar-refractivity contribution is 6.67. The van der Waals surface area contributed by atoms with E-state index >= 15 is 0 Å². The fraction of sp³-hybridized carbons (Fsp3) is 0. The Kier molecular flexibility index (Phi) is 1.81. The van der Waals surface area contributed by atoms with E-state index in [4.69, 9.17) is 11.6 Å². The van der Waals surface area contributed by atoms with E-state index in [1.807, 2.05) is 5.21 Å². The van der Waals surface area contributed by atoms with Crippen LogP contribution in [0.2, 0.25) is 0 Å². The second-order valence-electron chi connectivity index (χ2n) is 1.53. The lowest BCUT2D eigenvalue weighted by molar-refractivity contribution is -0.389. The minimum absolute atomic E-state index is 0.475. The Morgan fingerprint density at radius 1 is 1.64 bits per heavy atom. The number of rotatable bonds is 2. The van der Waals surface area contributed by atoms with Crippen LogP contribution in [-0.2, 0) is 0 Å². The van der Waals surface area contributed by atoms with Crippen molar-refractivity contribution in [1.29, 1.82) is 0 Å². The van der Waals surface area contributed by atoms with Gasteiger partial charge in [0.15, 0.2) is 0 Å². The molecule has 7 nitrogen and oxygen atoms in total. The van der Waals surface area contributed by atoms with Crippen LogP contribution >= 0.6 is 11.6 Å². The maximum atomic E-state index is 10.4. The Hall–Kier alpha value is -1.50. The molecule has 0 spiro atoms. The highest BCUT2D eigenvalue weighted by atomic mass is 35.5. The summed E-state index contributed by atoms with van der Waals surface area (Å²) < 4.78 is 0. The minimum atomic E-state index is -1.01. The molecular weight excluding hydrogens is 176 g/mol. The van der Waals surface area contributed by atoms with Crippen LogP contribution in [0.3, 0.4) is 0 Å². The number of nitrogens with zero attached hydrogens (tertiary/aromatic N) is 3. The van der Waals surface area contributed by atoms with Gasteiger partial charge >= 0.3 is 5.82 Å². The molecule has 0 radical (unpaired) electrons. The largest absolute Gasteiger partial charge is 0.422 e. The van der Waals surface area contributed by atoms with Gasteiger partial charge in [-0.2, -0.15) is 0 Å². The highest BCUT2D eigenvalue weighted by Crippen LogP contribution is 2.12. The number of H-pyrrole nitrogens is 1. The zero-order valence-corrected chi connectivity index (χ0v) is 5.70. The van der Waals surface area contributed by atoms with Crippen molar-refractivity contribution in [2.75, 3.05) is 0 Å². The van der Waals surface area contributed by atoms with Crippen LogP contribution in [0.1, 0.15) is 10.5 Å². The van der Waals surface area contributed by atoms with Crippen LogP contribution < -0.4 is 0 Å². The lowest BCUT2D eigenvalue weighted by Gasteiger charge is -1.85. The van der Waals surface area contributed by atoms with Gasteiger partial charge in [0.25, 0.3) is 5.24 Å². The predicted octanol–water partition coefficient (Wildman–Crippen LogP) is 0.0919. The molecular formula is C3HClN4O3. The molecule has 0 amide bonds. The van der Waals surface area contributed by atoms with Gasteiger partial charge in [0, 0.05) is 0 Å². The molecule has 0 aliphatic carbocycles. The molecule has 0 saturated carbocycles. The maximum Gasteiger partial charge on any atom is 0.422 e. The topological polar surface area (TPSA) is 102 Å². The first-order valence-corrected chi connectivity index (χ1v) is 2.75. The van der Waals surface area contributed by atoms with Gasteiger partial charge < -0.3 is 10.1 Å². The average molecular weight is 177 g/mol. The van der Waals surface area contributed by atoms with Gasteiger partial charge in [-0.3, -0.25) is 4.79 Å². The van der Waals surface area contributed by atoms with Gasteiger partial charge in [-0.25, -0.2) is 0 Å². The van der Waals surface area contributed by atoms with Crippen LogP contribution in [0.15, 0.2) is 0 Å². The first kappa shape index (κ1) is 7.61. The Morgan fingerprint density at radius 3 is 2.64 bits per heavy atom. The molecule has 0 aromatic carbocycles. The van der Waals surface area contributed by atoms with Crippen LogP contribution in [0, 0.1) is 10.1 Å². The normalized spacial score (nSPS) is 9.55. The van der Waals surface area contributed by atoms with Crippen LogP contribution in [0.4, 0.5) is 5.82 Å². The fourth-order valence-corrected chi connectivity index (χ4v) is 0.611. The monoisotopic (exact) mass is 176 g/mol. The summed E-state index contributed by atoms with van der Waals surface area (Å²) in [5, 5.41) is 17.2. The van der Waals surface area contributed by atoms with Crippen LogP contribution in [0.25, 0.3) is 0 Å². The van der Waals surface area contributed by atoms with Gasteiger partial charge in [-0.15, -0.1) is 10.3 Å². The van der Waals surface area contributed by atoms with Gasteiger partial charge in [0.05, 0.1) is 5.10 Å². The van der Waals surface area contributed by atoms with E-state index in [0.29, 0.717) is 0 Å². The molecule has 0 unspecified atom stereocenters. The average Bonchev–Trinajstić information content (AvgIpc) is 2.32. The summed E-state index contributed by atoms with van der Waals surface area (Å²) in [5.74, 6) is -0.662. The second kappa shape index (κ2) is 2.62. The van der Waals surface area contributed by atoms with E-state index in [1.165, 1.54) is 0 Å². The zero-order valence-electron chi connectivity index (χ0n) is 4.94. The van der Waals surface area contributed by atoms with Crippen molar-refractivity contribution < 1.29 is 9.72 Å². The molecule has 0 aliphatic heterocycles. The Morgan fingerprint density at radius 2 is 2.27 bits per heavy atom. The third-order valence-corrected chi connectivity index (χ3v) is 1.07. The van der Waals surface area contributed by atoms with Crippen molar-refractivity contribution in [3.05, 3.63) is 15.8 Å². The number of aromatic amines is 1. The zero-order chi connectivity index (χ0) is 8.43. The smallest absolute Gasteiger partial charge is 0.358 e. The molecule has 58 valence electrons. The van der Waals surface area contributed by atoms with Crippen molar-refractivity contribution in [3.63, 3.8) is 0 Å². The van der Waals surface area contributed by atoms with E-state index in [-0.39, 0.29) is 0 Å². The Bertz CT molecular complexity index is 279. The quantitative estimate of drug-likeness (QED) is 0.391. The molecule has 0 bridgehead atoms. The molecule has 1 aromatic rings. The predicted molar refractivity (Wildman–Crippen MR) is 33.2 cm³/mol. The highest BCUT2D eigenvalue weighted by Gasteiger charge is 2.24. The Labute approximate surface area is 64.5 Å². The van der Waals surface area contributed by atoms with Crippen molar-refractivity contribution in [2.24, 2.45) is 0 Å². The second-order valence-corrected chi connectivity index (χ2v) is 1.87. The van der Waals surface area contributed by atoms with Crippen molar-refractivity contribution in [2.45, 2.75) is 0 Å². The maximum absolute atomic E-state index is 10.4. The van der Waals surface area contributed by atoms with E-state index < -0.39 is 21.7 Å². The first-order valence-electron chi connectivity index (χ1n) is 2.38. The fourth-order valence-electron chi connectivity index (χ4n) is 0.484. The lowest BCUT2D eigenvalue weighted by atomic mass is 10.5. The molecule has 0 fully saturated rings. The van der Waals surface area contributed by atoms with Gasteiger partial charge in [-0.1, -0.05) is 0 Å². The van der Waals surface area contributed by atoms with E-state index in [9.17, 15) is 14.9 Å². The van der Waals surface area contributed by atoms with E-state index in [1.54, 1.807) is 0 Å². The Balaban J connectivity index is 3.16. The van der Waals surface area contributed by atoms with Crippen molar-refractivity contribution in [1.82, 2.24) is 15.4 Å². The molecule has 8 heteroatoms. The minimum Gasteiger partial charge on any atom is -0.358 e. The van der Waals surface area contributed by atoms with E-state index in [0.717, 1.165) is 0 Å². The number of nitrogens with one attached hydrogen (secondary N) is 1. The summed E-state index contributed by atoms with van der Waals surface area (Å²) in [5.41, 5.74) is -0.475. The number of hydrogen-bond acceptors (Lipinski definition) is 5. The molecule has 1 N–H and O–H groups in total. The summed E-state index contributed by atoms with van der Waals surface area (Å²) >= 11 is 4.93. The number of carbonyl (C=O) groups excluding carboxylic acids is 1. The van der Waals surface area contributed by atoms with E-state index in [2.05, 4.69) is 10.2 Å². The molecule has 0 aliphatic rings. The number of aromatic nitrogens is 3. The van der Waals surface area contributed by atoms with Crippen molar-refractivity contribution in [3.8, 4) is 0 Å². The lowest BCUT2D eigenvalue weighted by Crippen LogP contribution is -1.96. The third-order valence-electron chi connectivity index (χ3n) is 0.889. The summed E-state index contributed by atoms with van der Waals surface area (Å²) in [6, 6.07) is 0. The number of carbonyl (C=O) groups is 1. The molecule has 11 heavy (non-hydrogen) atoms. The first-order chi connectivity index (χ1) is 5.13. The molecule has 0 atom stereocenters. The van der Waals surface area contributed by atoms with Crippen LogP contribution in [-0.4, -0.2) is 25.6 Å². The number of hydrogen-bond donors (Lipinski definition) is 1. The standard InChI is InChI=1S/C3HClN4O3/c4-2(9)1-3(8(10)11)6-7-5-1/h(H,5,6,7). The number of nitro groups is 1. The molecule has 1 heterocycles. The molecule has 0 saturated heterocycles.